The number of benzene rings is 2. The fourth-order valence-electron chi connectivity index (χ4n) is 1.60. The molecule has 2 aromatic carbocycles. The van der Waals surface area contributed by atoms with Gasteiger partial charge in [0.2, 0.25) is 0 Å². The second kappa shape index (κ2) is 5.18. The van der Waals surface area contributed by atoms with Crippen molar-refractivity contribution in [1.29, 1.82) is 0 Å². The summed E-state index contributed by atoms with van der Waals surface area (Å²) in [6, 6.07) is 16.6. The zero-order valence-corrected chi connectivity index (χ0v) is 12.3. The van der Waals surface area contributed by atoms with Crippen molar-refractivity contribution in [3.05, 3.63) is 60.7 Å². The molecule has 0 amide bonds. The van der Waals surface area contributed by atoms with Gasteiger partial charge in [0.05, 0.1) is 0 Å². The van der Waals surface area contributed by atoms with Gasteiger partial charge in [0, 0.05) is 0 Å². The topological polar surface area (TPSA) is 0 Å². The van der Waals surface area contributed by atoms with Gasteiger partial charge >= 0.3 is 106 Å². The first-order valence-electron chi connectivity index (χ1n) is 5.06. The summed E-state index contributed by atoms with van der Waals surface area (Å²) in [5.41, 5.74) is 0. The number of hydrogen-bond acceptors (Lipinski definition) is 0. The van der Waals surface area contributed by atoms with Gasteiger partial charge in [0.25, 0.3) is 0 Å². The van der Waals surface area contributed by atoms with E-state index in [9.17, 15) is 13.2 Å². The Balaban J connectivity index is 2.48. The van der Waals surface area contributed by atoms with E-state index in [1.807, 2.05) is 0 Å². The molecule has 0 unspecified atom stereocenters. The normalized spacial score (nSPS) is 11.8. The van der Waals surface area contributed by atoms with Crippen molar-refractivity contribution >= 4 is 28.3 Å². The molecular weight excluding hydrogens is 422 g/mol. The third-order valence-electron chi connectivity index (χ3n) is 2.28. The molecule has 0 spiro atoms. The van der Waals surface area contributed by atoms with Crippen molar-refractivity contribution in [3.8, 4) is 0 Å². The molecule has 2 aromatic rings. The third kappa shape index (κ3) is 3.07. The van der Waals surface area contributed by atoms with Gasteiger partial charge in [-0.05, 0) is 0 Å². The van der Waals surface area contributed by atoms with E-state index in [0.717, 1.165) is 0 Å². The van der Waals surface area contributed by atoms with Crippen LogP contribution in [0.2, 0.25) is 0 Å². The van der Waals surface area contributed by atoms with Crippen LogP contribution in [0.5, 0.6) is 0 Å². The minimum absolute atomic E-state index is 0.473. The second-order valence-corrected chi connectivity index (χ2v) is 12.1. The Morgan fingerprint density at radius 1 is 0.647 bits per heavy atom. The molecule has 0 aliphatic rings. The Morgan fingerprint density at radius 2 is 1.00 bits per heavy atom. The second-order valence-electron chi connectivity index (χ2n) is 3.47. The van der Waals surface area contributed by atoms with E-state index in [0.29, 0.717) is 6.54 Å². The van der Waals surface area contributed by atoms with Crippen LogP contribution in [0.4, 0.5) is 13.2 Å². The van der Waals surface area contributed by atoms with Crippen molar-refractivity contribution in [2.45, 2.75) is 3.88 Å². The Labute approximate surface area is 106 Å². The van der Waals surface area contributed by atoms with Gasteiger partial charge in [-0.3, -0.25) is 0 Å². The Morgan fingerprint density at radius 3 is 1.29 bits per heavy atom. The van der Waals surface area contributed by atoms with Crippen LogP contribution in [-0.4, -0.2) is 25.6 Å². The number of hydrogen-bond donors (Lipinski definition) is 0. The molecule has 0 bridgehead atoms. The van der Waals surface area contributed by atoms with Crippen LogP contribution >= 0.6 is 0 Å². The molecule has 2 rings (SSSR count). The van der Waals surface area contributed by atoms with Gasteiger partial charge in [-0.25, -0.2) is 0 Å². The number of halogens is 3. The van der Waals surface area contributed by atoms with Crippen LogP contribution in [0, 0.1) is 0 Å². The maximum absolute atomic E-state index is 13.2. The van der Waals surface area contributed by atoms with Crippen LogP contribution in [-0.2, 0) is 0 Å². The molecule has 4 heteroatoms. The van der Waals surface area contributed by atoms with Gasteiger partial charge in [-0.15, -0.1) is 0 Å². The van der Waals surface area contributed by atoms with E-state index in [2.05, 4.69) is 0 Å². The van der Waals surface area contributed by atoms with E-state index >= 15 is 0 Å². The number of alkyl halides is 3. The molecule has 0 saturated heterocycles. The quantitative estimate of drug-likeness (QED) is 0.640. The zero-order chi connectivity index (χ0) is 12.3. The molecule has 0 fully saturated rings. The monoisotopic (exact) mass is 432 g/mol. The molecule has 0 aromatic heterocycles. The molecular formula is C13H10BiF3. The Kier molecular flexibility index (Phi) is 3.83. The third-order valence-corrected chi connectivity index (χ3v) is 10.6. The summed E-state index contributed by atoms with van der Waals surface area (Å²) in [5, 5.41) is 0. The first-order chi connectivity index (χ1) is 8.09. The summed E-state index contributed by atoms with van der Waals surface area (Å²) >= 11 is -3.88. The van der Waals surface area contributed by atoms with Gasteiger partial charge < -0.3 is 0 Å². The molecule has 0 heterocycles. The fourth-order valence-corrected chi connectivity index (χ4v) is 8.69. The summed E-state index contributed by atoms with van der Waals surface area (Å²) in [5.74, 6) is 0. The Bertz CT molecular complexity index is 426. The molecule has 0 saturated carbocycles. The van der Waals surface area contributed by atoms with Gasteiger partial charge in [-0.1, -0.05) is 0 Å². The molecule has 88 valence electrons. The van der Waals surface area contributed by atoms with E-state index in [1.54, 1.807) is 60.7 Å². The SMILES string of the molecule is F[C](F)(F)[Bi]([c]1ccccc1)[c]1ccccc1. The van der Waals surface area contributed by atoms with E-state index in [-0.39, 0.29) is 0 Å². The average Bonchev–Trinajstić information content (AvgIpc) is 2.30. The molecule has 0 nitrogen and oxygen atoms in total. The molecule has 0 aliphatic heterocycles. The molecule has 0 atom stereocenters. The molecule has 0 N–H and O–H groups in total. The first kappa shape index (κ1) is 12.6. The summed E-state index contributed by atoms with van der Waals surface area (Å²) < 4.78 is 36.4. The van der Waals surface area contributed by atoms with Crippen LogP contribution < -0.4 is 6.54 Å². The van der Waals surface area contributed by atoms with E-state index in [1.165, 1.54) is 0 Å². The summed E-state index contributed by atoms with van der Waals surface area (Å²) in [7, 11) is 0. The average molecular weight is 432 g/mol. The summed E-state index contributed by atoms with van der Waals surface area (Å²) in [4.78, 5) is 0. The maximum atomic E-state index is 13.2. The fraction of sp³-hybridized carbons (Fsp3) is 0.0769. The molecule has 17 heavy (non-hydrogen) atoms. The summed E-state index contributed by atoms with van der Waals surface area (Å²) in [6.07, 6.45) is 0. The van der Waals surface area contributed by atoms with Crippen LogP contribution in [0.1, 0.15) is 0 Å². The van der Waals surface area contributed by atoms with Crippen LogP contribution in [0.15, 0.2) is 60.7 Å². The summed E-state index contributed by atoms with van der Waals surface area (Å²) in [6.45, 7) is 0. The van der Waals surface area contributed by atoms with Gasteiger partial charge in [-0.2, -0.15) is 0 Å². The van der Waals surface area contributed by atoms with Crippen LogP contribution in [0.25, 0.3) is 0 Å². The van der Waals surface area contributed by atoms with Gasteiger partial charge in [0.15, 0.2) is 0 Å². The van der Waals surface area contributed by atoms with Crippen molar-refractivity contribution in [2.24, 2.45) is 0 Å². The van der Waals surface area contributed by atoms with Crippen molar-refractivity contribution in [3.63, 3.8) is 0 Å². The predicted molar refractivity (Wildman–Crippen MR) is 64.0 cm³/mol. The minimum atomic E-state index is -4.07. The van der Waals surface area contributed by atoms with Crippen LogP contribution in [0.3, 0.4) is 0 Å². The van der Waals surface area contributed by atoms with Gasteiger partial charge in [0.1, 0.15) is 0 Å². The first-order valence-corrected chi connectivity index (χ1v) is 10.3. The number of rotatable bonds is 2. The van der Waals surface area contributed by atoms with E-state index in [4.69, 9.17) is 0 Å². The Hall–Kier alpha value is -0.887. The van der Waals surface area contributed by atoms with E-state index < -0.39 is 25.6 Å². The molecule has 0 aliphatic carbocycles. The zero-order valence-electron chi connectivity index (χ0n) is 8.85. The standard InChI is InChI=1S/2C6H5.CF3.Bi/c2*1-2-4-6-5-3-1;2-1(3)4;/h2*1-5H;;. The van der Waals surface area contributed by atoms with Crippen molar-refractivity contribution < 1.29 is 13.2 Å². The molecule has 0 radical (unpaired) electrons. The van der Waals surface area contributed by atoms with Crippen molar-refractivity contribution in [1.82, 2.24) is 0 Å². The predicted octanol–water partition coefficient (Wildman–Crippen LogP) is 2.40. The van der Waals surface area contributed by atoms with Crippen molar-refractivity contribution in [2.75, 3.05) is 0 Å².